The molecule has 0 aliphatic carbocycles. The summed E-state index contributed by atoms with van der Waals surface area (Å²) in [5.74, 6) is -0.611. The molecule has 2 aromatic rings. The first-order chi connectivity index (χ1) is 12.1. The highest BCUT2D eigenvalue weighted by atomic mass is 32.2. The van der Waals surface area contributed by atoms with E-state index in [1.54, 1.807) is 12.1 Å². The van der Waals surface area contributed by atoms with E-state index in [2.05, 4.69) is 14.8 Å². The fourth-order valence-electron chi connectivity index (χ4n) is 2.35. The second kappa shape index (κ2) is 6.54. The van der Waals surface area contributed by atoms with E-state index in [0.717, 1.165) is 5.56 Å². The molecule has 0 atom stereocenters. The van der Waals surface area contributed by atoms with Crippen molar-refractivity contribution in [3.05, 3.63) is 48.0 Å². The van der Waals surface area contributed by atoms with Crippen LogP contribution < -0.4 is 19.9 Å². The Morgan fingerprint density at radius 3 is 2.38 bits per heavy atom. The summed E-state index contributed by atoms with van der Waals surface area (Å²) in [6.07, 6.45) is -3.24. The van der Waals surface area contributed by atoms with Gasteiger partial charge in [-0.1, -0.05) is 12.1 Å². The van der Waals surface area contributed by atoms with Crippen LogP contribution in [0, 0.1) is 0 Å². The minimum Gasteiger partial charge on any atom is -0.395 e. The summed E-state index contributed by atoms with van der Waals surface area (Å²) in [7, 11) is -3.76. The van der Waals surface area contributed by atoms with Crippen molar-refractivity contribution in [2.24, 2.45) is 5.14 Å². The molecule has 138 valence electrons. The van der Waals surface area contributed by atoms with Gasteiger partial charge in [0.05, 0.1) is 4.90 Å². The lowest BCUT2D eigenvalue weighted by atomic mass is 10.1. The number of nitrogens with two attached hydrogens (primary N) is 1. The first-order valence-electron chi connectivity index (χ1n) is 7.44. The minimum absolute atomic E-state index is 0.0112. The molecule has 1 aliphatic rings. The second-order valence-electron chi connectivity index (χ2n) is 5.57. The average molecular weight is 384 g/mol. The second-order valence-corrected chi connectivity index (χ2v) is 7.13. The van der Waals surface area contributed by atoms with Crippen molar-refractivity contribution in [1.82, 2.24) is 0 Å². The molecule has 0 saturated heterocycles. The third-order valence-corrected chi connectivity index (χ3v) is 4.51. The summed E-state index contributed by atoms with van der Waals surface area (Å²) < 4.78 is 56.9. The molecule has 10 heteroatoms. The zero-order valence-electron chi connectivity index (χ0n) is 13.2. The van der Waals surface area contributed by atoms with E-state index < -0.39 is 16.3 Å². The summed E-state index contributed by atoms with van der Waals surface area (Å²) in [4.78, 5) is 12.0. The Kier molecular flexibility index (Phi) is 4.55. The van der Waals surface area contributed by atoms with Gasteiger partial charge in [-0.25, -0.2) is 13.6 Å². The van der Waals surface area contributed by atoms with Crippen molar-refractivity contribution in [3.63, 3.8) is 0 Å². The first-order valence-corrected chi connectivity index (χ1v) is 8.98. The highest BCUT2D eigenvalue weighted by Crippen LogP contribution is 2.42. The van der Waals surface area contributed by atoms with Gasteiger partial charge in [0.2, 0.25) is 15.9 Å². The van der Waals surface area contributed by atoms with Crippen molar-refractivity contribution in [2.75, 3.05) is 5.32 Å². The number of hydrogen-bond acceptors (Lipinski definition) is 5. The van der Waals surface area contributed by atoms with E-state index in [1.807, 2.05) is 0 Å². The number of carbonyl (C=O) groups excluding carboxylic acids is 1. The highest BCUT2D eigenvalue weighted by molar-refractivity contribution is 7.89. The summed E-state index contributed by atoms with van der Waals surface area (Å²) in [6, 6.07) is 9.79. The number of alkyl halides is 2. The highest BCUT2D eigenvalue weighted by Gasteiger charge is 2.43. The Morgan fingerprint density at radius 2 is 1.73 bits per heavy atom. The predicted octanol–water partition coefficient (Wildman–Crippen LogP) is 2.23. The number of anilines is 1. The number of aryl methyl sites for hydroxylation is 1. The fraction of sp³-hybridized carbons (Fsp3) is 0.188. The number of fused-ring (bicyclic) bond motifs is 1. The number of halogens is 2. The average Bonchev–Trinajstić information content (AvgIpc) is 2.85. The van der Waals surface area contributed by atoms with Crippen LogP contribution in [0.1, 0.15) is 12.0 Å². The Bertz CT molecular complexity index is 946. The number of ether oxygens (including phenoxy) is 2. The number of nitrogens with one attached hydrogen (secondary N) is 1. The molecular weight excluding hydrogens is 370 g/mol. The zero-order valence-corrected chi connectivity index (χ0v) is 14.1. The summed E-state index contributed by atoms with van der Waals surface area (Å²) in [5, 5.41) is 7.58. The zero-order chi connectivity index (χ0) is 18.9. The van der Waals surface area contributed by atoms with Gasteiger partial charge in [-0.3, -0.25) is 4.79 Å². The van der Waals surface area contributed by atoms with Crippen LogP contribution in [0.5, 0.6) is 11.5 Å². The maximum Gasteiger partial charge on any atom is 0.586 e. The minimum atomic E-state index is -3.76. The molecule has 1 heterocycles. The molecule has 1 amide bonds. The van der Waals surface area contributed by atoms with Crippen LogP contribution in [-0.2, 0) is 21.2 Å². The number of sulfonamides is 1. The Labute approximate surface area is 147 Å². The summed E-state index contributed by atoms with van der Waals surface area (Å²) >= 11 is 0. The molecule has 0 aromatic heterocycles. The summed E-state index contributed by atoms with van der Waals surface area (Å²) in [5.41, 5.74) is 1.04. The van der Waals surface area contributed by atoms with Crippen molar-refractivity contribution in [2.45, 2.75) is 24.0 Å². The number of hydrogen-bond donors (Lipinski definition) is 2. The Balaban J connectivity index is 1.57. The monoisotopic (exact) mass is 384 g/mol. The third-order valence-electron chi connectivity index (χ3n) is 3.58. The van der Waals surface area contributed by atoms with Crippen LogP contribution in [0.2, 0.25) is 0 Å². The molecule has 2 aromatic carbocycles. The Hall–Kier alpha value is -2.72. The van der Waals surface area contributed by atoms with Gasteiger partial charge in [0.15, 0.2) is 11.5 Å². The standard InChI is InChI=1S/C16H14F2N2O5S/c17-16(18)24-13-7-4-11(9-14(13)25-16)20-15(21)8-3-10-1-5-12(6-2-10)26(19,22)23/h1-2,4-7,9H,3,8H2,(H,20,21)(H2,19,22,23). The van der Waals surface area contributed by atoms with Gasteiger partial charge < -0.3 is 14.8 Å². The van der Waals surface area contributed by atoms with Gasteiger partial charge in [-0.05, 0) is 36.2 Å². The van der Waals surface area contributed by atoms with Crippen LogP contribution in [0.15, 0.2) is 47.4 Å². The van der Waals surface area contributed by atoms with E-state index in [0.29, 0.717) is 12.1 Å². The van der Waals surface area contributed by atoms with Gasteiger partial charge in [0.1, 0.15) is 0 Å². The maximum absolute atomic E-state index is 13.0. The molecular formula is C16H14F2N2O5S. The van der Waals surface area contributed by atoms with Gasteiger partial charge in [-0.15, -0.1) is 8.78 Å². The van der Waals surface area contributed by atoms with Crippen molar-refractivity contribution in [1.29, 1.82) is 0 Å². The molecule has 0 radical (unpaired) electrons. The molecule has 0 unspecified atom stereocenters. The number of rotatable bonds is 5. The predicted molar refractivity (Wildman–Crippen MR) is 87.4 cm³/mol. The van der Waals surface area contributed by atoms with Crippen LogP contribution >= 0.6 is 0 Å². The van der Waals surface area contributed by atoms with Gasteiger partial charge in [-0.2, -0.15) is 0 Å². The van der Waals surface area contributed by atoms with Crippen LogP contribution in [0.3, 0.4) is 0 Å². The lowest BCUT2D eigenvalue weighted by Crippen LogP contribution is -2.25. The van der Waals surface area contributed by atoms with Crippen LogP contribution in [0.25, 0.3) is 0 Å². The molecule has 3 rings (SSSR count). The molecule has 1 aliphatic heterocycles. The fourth-order valence-corrected chi connectivity index (χ4v) is 2.87. The molecule has 26 heavy (non-hydrogen) atoms. The van der Waals surface area contributed by atoms with E-state index in [-0.39, 0.29) is 28.7 Å². The van der Waals surface area contributed by atoms with Gasteiger partial charge in [0.25, 0.3) is 0 Å². The molecule has 0 fully saturated rings. The summed E-state index contributed by atoms with van der Waals surface area (Å²) in [6.45, 7) is 0. The molecule has 0 spiro atoms. The molecule has 0 bridgehead atoms. The number of benzene rings is 2. The SMILES string of the molecule is NS(=O)(=O)c1ccc(CCC(=O)Nc2ccc3c(c2)OC(F)(F)O3)cc1. The normalized spacial score (nSPS) is 14.9. The van der Waals surface area contributed by atoms with Crippen molar-refractivity contribution in [3.8, 4) is 11.5 Å². The molecule has 3 N–H and O–H groups in total. The Morgan fingerprint density at radius 1 is 1.08 bits per heavy atom. The smallest absolute Gasteiger partial charge is 0.395 e. The van der Waals surface area contributed by atoms with Crippen LogP contribution in [-0.4, -0.2) is 20.6 Å². The topological polar surface area (TPSA) is 108 Å². The number of carbonyl (C=O) groups is 1. The van der Waals surface area contributed by atoms with Crippen LogP contribution in [0.4, 0.5) is 14.5 Å². The van der Waals surface area contributed by atoms with Crippen molar-refractivity contribution >= 4 is 21.6 Å². The third kappa shape index (κ3) is 4.27. The van der Waals surface area contributed by atoms with Crippen molar-refractivity contribution < 1.29 is 31.5 Å². The van der Waals surface area contributed by atoms with E-state index in [9.17, 15) is 22.0 Å². The van der Waals surface area contributed by atoms with E-state index in [4.69, 9.17) is 5.14 Å². The van der Waals surface area contributed by atoms with E-state index in [1.165, 1.54) is 30.3 Å². The molecule has 0 saturated carbocycles. The maximum atomic E-state index is 13.0. The lowest BCUT2D eigenvalue weighted by Gasteiger charge is -2.07. The largest absolute Gasteiger partial charge is 0.586 e. The van der Waals surface area contributed by atoms with Gasteiger partial charge >= 0.3 is 6.29 Å². The number of amides is 1. The van der Waals surface area contributed by atoms with E-state index >= 15 is 0 Å². The first kappa shape index (κ1) is 18.1. The quantitative estimate of drug-likeness (QED) is 0.822. The molecule has 7 nitrogen and oxygen atoms in total. The number of primary sulfonamides is 1. The lowest BCUT2D eigenvalue weighted by molar-refractivity contribution is -0.286. The van der Waals surface area contributed by atoms with Gasteiger partial charge in [0, 0.05) is 18.2 Å².